The van der Waals surface area contributed by atoms with Crippen molar-refractivity contribution >= 4 is 0 Å². The summed E-state index contributed by atoms with van der Waals surface area (Å²) in [5.41, 5.74) is 8.12. The number of para-hydroxylation sites is 1. The summed E-state index contributed by atoms with van der Waals surface area (Å²) in [5, 5.41) is 4.44. The molecule has 2 aromatic rings. The predicted molar refractivity (Wildman–Crippen MR) is 84.5 cm³/mol. The monoisotopic (exact) mass is 288 g/mol. The third kappa shape index (κ3) is 4.14. The molecule has 0 saturated heterocycles. The molecule has 1 aromatic carbocycles. The van der Waals surface area contributed by atoms with Gasteiger partial charge < -0.3 is 10.5 Å². The van der Waals surface area contributed by atoms with Gasteiger partial charge in [-0.05, 0) is 26.1 Å². The lowest BCUT2D eigenvalue weighted by Gasteiger charge is -2.25. The lowest BCUT2D eigenvalue weighted by atomic mass is 10.1. The van der Waals surface area contributed by atoms with Gasteiger partial charge in [-0.3, -0.25) is 4.90 Å². The maximum absolute atomic E-state index is 5.94. The smallest absolute Gasteiger partial charge is 0.0645 e. The molecule has 5 nitrogen and oxygen atoms in total. The maximum atomic E-state index is 5.94. The number of hydrogen-bond acceptors (Lipinski definition) is 4. The molecule has 114 valence electrons. The van der Waals surface area contributed by atoms with E-state index in [2.05, 4.69) is 17.0 Å². The summed E-state index contributed by atoms with van der Waals surface area (Å²) in [4.78, 5) is 2.21. The molecule has 0 saturated carbocycles. The Bertz CT molecular complexity index is 526. The van der Waals surface area contributed by atoms with Gasteiger partial charge in [0, 0.05) is 37.5 Å². The van der Waals surface area contributed by atoms with E-state index in [1.54, 1.807) is 0 Å². The maximum Gasteiger partial charge on any atom is 0.0645 e. The molecular formula is C16H24N4O. The second kappa shape index (κ2) is 7.93. The van der Waals surface area contributed by atoms with Crippen LogP contribution in [0.4, 0.5) is 0 Å². The van der Waals surface area contributed by atoms with E-state index in [1.807, 2.05) is 54.3 Å². The van der Waals surface area contributed by atoms with Crippen LogP contribution >= 0.6 is 0 Å². The molecular weight excluding hydrogens is 264 g/mol. The predicted octanol–water partition coefficient (Wildman–Crippen LogP) is 1.84. The largest absolute Gasteiger partial charge is 0.380 e. The van der Waals surface area contributed by atoms with Gasteiger partial charge in [-0.25, -0.2) is 4.68 Å². The zero-order valence-electron chi connectivity index (χ0n) is 12.8. The van der Waals surface area contributed by atoms with Crippen molar-refractivity contribution in [3.63, 3.8) is 0 Å². The van der Waals surface area contributed by atoms with E-state index in [4.69, 9.17) is 10.5 Å². The van der Waals surface area contributed by atoms with Crippen LogP contribution < -0.4 is 5.73 Å². The highest BCUT2D eigenvalue weighted by Gasteiger charge is 2.17. The average molecular weight is 288 g/mol. The first-order chi connectivity index (χ1) is 10.3. The molecule has 21 heavy (non-hydrogen) atoms. The van der Waals surface area contributed by atoms with Crippen LogP contribution in [-0.4, -0.2) is 48.0 Å². The Balaban J connectivity index is 2.07. The summed E-state index contributed by atoms with van der Waals surface area (Å²) in [6.45, 7) is 4.88. The molecule has 0 spiro atoms. The highest BCUT2D eigenvalue weighted by Crippen LogP contribution is 2.19. The molecule has 1 atom stereocenters. The number of ether oxygens (including phenoxy) is 1. The average Bonchev–Trinajstić information content (AvgIpc) is 2.99. The summed E-state index contributed by atoms with van der Waals surface area (Å²) >= 11 is 0. The number of aromatic nitrogens is 2. The van der Waals surface area contributed by atoms with Crippen LogP contribution in [0.15, 0.2) is 42.7 Å². The molecule has 0 aliphatic carbocycles. The van der Waals surface area contributed by atoms with Gasteiger partial charge in [0.05, 0.1) is 18.5 Å². The second-order valence-corrected chi connectivity index (χ2v) is 4.98. The van der Waals surface area contributed by atoms with Crippen LogP contribution in [0.1, 0.15) is 18.5 Å². The van der Waals surface area contributed by atoms with Gasteiger partial charge in [-0.15, -0.1) is 0 Å². The summed E-state index contributed by atoms with van der Waals surface area (Å²) in [6.07, 6.45) is 3.94. The van der Waals surface area contributed by atoms with Gasteiger partial charge in [0.1, 0.15) is 0 Å². The van der Waals surface area contributed by atoms with Crippen molar-refractivity contribution in [2.75, 3.05) is 33.4 Å². The third-order valence-corrected chi connectivity index (χ3v) is 3.56. The van der Waals surface area contributed by atoms with Crippen molar-refractivity contribution in [3.05, 3.63) is 48.3 Å². The first-order valence-corrected chi connectivity index (χ1v) is 7.34. The van der Waals surface area contributed by atoms with Crippen molar-refractivity contribution in [1.82, 2.24) is 14.7 Å². The molecule has 0 aliphatic rings. The van der Waals surface area contributed by atoms with E-state index in [-0.39, 0.29) is 6.04 Å². The van der Waals surface area contributed by atoms with Crippen LogP contribution in [0.3, 0.4) is 0 Å². The van der Waals surface area contributed by atoms with Gasteiger partial charge in [0.15, 0.2) is 0 Å². The molecule has 1 unspecified atom stereocenters. The standard InChI is InChI=1S/C16H24N4O/c1-3-21-10-9-19(2)16(11-17)14-12-18-20(13-14)15-7-5-4-6-8-15/h4-8,12-13,16H,3,9-11,17H2,1-2H3. The normalized spacial score (nSPS) is 12.8. The van der Waals surface area contributed by atoms with E-state index in [0.717, 1.165) is 31.0 Å². The molecule has 0 fully saturated rings. The first kappa shape index (κ1) is 15.7. The molecule has 0 amide bonds. The van der Waals surface area contributed by atoms with Crippen molar-refractivity contribution in [2.24, 2.45) is 5.73 Å². The van der Waals surface area contributed by atoms with Crippen LogP contribution in [0.25, 0.3) is 5.69 Å². The summed E-state index contributed by atoms with van der Waals surface area (Å²) in [7, 11) is 2.07. The minimum Gasteiger partial charge on any atom is -0.380 e. The lowest BCUT2D eigenvalue weighted by Crippen LogP contribution is -2.32. The summed E-state index contributed by atoms with van der Waals surface area (Å²) in [5.74, 6) is 0. The minimum absolute atomic E-state index is 0.155. The van der Waals surface area contributed by atoms with E-state index < -0.39 is 0 Å². The molecule has 0 bridgehead atoms. The molecule has 2 N–H and O–H groups in total. The Hall–Kier alpha value is -1.69. The van der Waals surface area contributed by atoms with Crippen molar-refractivity contribution < 1.29 is 4.74 Å². The minimum atomic E-state index is 0.155. The zero-order chi connectivity index (χ0) is 15.1. The van der Waals surface area contributed by atoms with Crippen molar-refractivity contribution in [3.8, 4) is 5.69 Å². The Morgan fingerprint density at radius 2 is 2.10 bits per heavy atom. The van der Waals surface area contributed by atoms with Crippen LogP contribution in [0, 0.1) is 0 Å². The fraction of sp³-hybridized carbons (Fsp3) is 0.438. The third-order valence-electron chi connectivity index (χ3n) is 3.56. The quantitative estimate of drug-likeness (QED) is 0.753. The number of rotatable bonds is 8. The van der Waals surface area contributed by atoms with E-state index in [1.165, 1.54) is 0 Å². The number of benzene rings is 1. The van der Waals surface area contributed by atoms with Gasteiger partial charge >= 0.3 is 0 Å². The molecule has 1 heterocycles. The van der Waals surface area contributed by atoms with Crippen molar-refractivity contribution in [2.45, 2.75) is 13.0 Å². The Labute approximate surface area is 126 Å². The van der Waals surface area contributed by atoms with E-state index >= 15 is 0 Å². The fourth-order valence-corrected chi connectivity index (χ4v) is 2.31. The molecule has 5 heteroatoms. The number of nitrogens with two attached hydrogens (primary N) is 1. The fourth-order valence-electron chi connectivity index (χ4n) is 2.31. The molecule has 0 radical (unpaired) electrons. The second-order valence-electron chi connectivity index (χ2n) is 4.98. The molecule has 2 rings (SSSR count). The highest BCUT2D eigenvalue weighted by atomic mass is 16.5. The molecule has 0 aliphatic heterocycles. The van der Waals surface area contributed by atoms with Crippen molar-refractivity contribution in [1.29, 1.82) is 0 Å². The summed E-state index contributed by atoms with van der Waals surface area (Å²) in [6, 6.07) is 10.2. The van der Waals surface area contributed by atoms with Gasteiger partial charge in [-0.2, -0.15) is 5.10 Å². The zero-order valence-corrected chi connectivity index (χ0v) is 12.8. The summed E-state index contributed by atoms with van der Waals surface area (Å²) < 4.78 is 7.29. The highest BCUT2D eigenvalue weighted by molar-refractivity contribution is 5.31. The Morgan fingerprint density at radius 3 is 2.76 bits per heavy atom. The molecule has 1 aromatic heterocycles. The number of hydrogen-bond donors (Lipinski definition) is 1. The Morgan fingerprint density at radius 1 is 1.33 bits per heavy atom. The van der Waals surface area contributed by atoms with E-state index in [0.29, 0.717) is 6.54 Å². The van der Waals surface area contributed by atoms with Crippen LogP contribution in [0.2, 0.25) is 0 Å². The SMILES string of the molecule is CCOCCN(C)C(CN)c1cnn(-c2ccccc2)c1. The van der Waals surface area contributed by atoms with Gasteiger partial charge in [0.25, 0.3) is 0 Å². The van der Waals surface area contributed by atoms with Crippen LogP contribution in [-0.2, 0) is 4.74 Å². The number of nitrogens with zero attached hydrogens (tertiary/aromatic N) is 3. The first-order valence-electron chi connectivity index (χ1n) is 7.34. The number of likely N-dealkylation sites (N-methyl/N-ethyl adjacent to an activating group) is 1. The van der Waals surface area contributed by atoms with Gasteiger partial charge in [-0.1, -0.05) is 18.2 Å². The van der Waals surface area contributed by atoms with Crippen LogP contribution in [0.5, 0.6) is 0 Å². The van der Waals surface area contributed by atoms with Gasteiger partial charge in [0.2, 0.25) is 0 Å². The topological polar surface area (TPSA) is 56.3 Å². The van der Waals surface area contributed by atoms with E-state index in [9.17, 15) is 0 Å². The lowest BCUT2D eigenvalue weighted by molar-refractivity contribution is 0.108. The Kier molecular flexibility index (Phi) is 5.92.